The van der Waals surface area contributed by atoms with Crippen molar-refractivity contribution in [3.8, 4) is 0 Å². The molecule has 2 amide bonds. The number of carbonyl (C=O) groups excluding carboxylic acids is 2. The number of hydrogen-bond donors (Lipinski definition) is 2. The second-order valence-electron chi connectivity index (χ2n) is 7.46. The number of anilines is 1. The van der Waals surface area contributed by atoms with Gasteiger partial charge in [0.25, 0.3) is 0 Å². The van der Waals surface area contributed by atoms with Crippen molar-refractivity contribution in [1.82, 2.24) is 5.32 Å². The Morgan fingerprint density at radius 1 is 1.08 bits per heavy atom. The molecule has 0 saturated heterocycles. The highest BCUT2D eigenvalue weighted by molar-refractivity contribution is 6.30. The van der Waals surface area contributed by atoms with Crippen molar-refractivity contribution in [2.75, 3.05) is 5.32 Å². The number of hydrogen-bond acceptors (Lipinski definition) is 2. The second-order valence-corrected chi connectivity index (χ2v) is 7.90. The quantitative estimate of drug-likeness (QED) is 0.805. The maximum absolute atomic E-state index is 12.6. The summed E-state index contributed by atoms with van der Waals surface area (Å²) >= 11 is 5.91. The molecule has 2 aromatic carbocycles. The average molecular weight is 371 g/mol. The molecule has 1 fully saturated rings. The van der Waals surface area contributed by atoms with Gasteiger partial charge in [0, 0.05) is 22.2 Å². The molecule has 1 aliphatic carbocycles. The van der Waals surface area contributed by atoms with E-state index in [-0.39, 0.29) is 23.8 Å². The van der Waals surface area contributed by atoms with Crippen LogP contribution in [0.3, 0.4) is 0 Å². The standard InChI is InChI=1S/C21H23ClN2O2/c1-21(2,13-14-8-10-15(22)11-9-14)20(26)24-18-12-17(18)19(25)23-16-6-4-3-5-7-16/h3-11,17-18H,12-13H2,1-2H3,(H,23,25)(H,24,26). The number of amides is 2. The van der Waals surface area contributed by atoms with E-state index in [1.165, 1.54) is 0 Å². The number of rotatable bonds is 6. The minimum Gasteiger partial charge on any atom is -0.352 e. The highest BCUT2D eigenvalue weighted by Crippen LogP contribution is 2.33. The molecule has 0 aromatic heterocycles. The Morgan fingerprint density at radius 2 is 1.73 bits per heavy atom. The number of benzene rings is 2. The third-order valence-electron chi connectivity index (χ3n) is 4.66. The molecule has 1 saturated carbocycles. The molecule has 0 aliphatic heterocycles. The molecule has 136 valence electrons. The Bertz CT molecular complexity index is 787. The minimum atomic E-state index is -0.559. The monoisotopic (exact) mass is 370 g/mol. The molecule has 0 radical (unpaired) electrons. The highest BCUT2D eigenvalue weighted by atomic mass is 35.5. The minimum absolute atomic E-state index is 0.0348. The fourth-order valence-corrected chi connectivity index (χ4v) is 3.08. The first-order valence-corrected chi connectivity index (χ1v) is 9.14. The van der Waals surface area contributed by atoms with Gasteiger partial charge in [-0.3, -0.25) is 9.59 Å². The summed E-state index contributed by atoms with van der Waals surface area (Å²) in [7, 11) is 0. The van der Waals surface area contributed by atoms with Crippen LogP contribution < -0.4 is 10.6 Å². The van der Waals surface area contributed by atoms with Crippen LogP contribution in [-0.4, -0.2) is 17.9 Å². The van der Waals surface area contributed by atoms with Crippen molar-refractivity contribution in [2.45, 2.75) is 32.7 Å². The van der Waals surface area contributed by atoms with E-state index >= 15 is 0 Å². The molecule has 0 bridgehead atoms. The first-order valence-electron chi connectivity index (χ1n) is 8.76. The lowest BCUT2D eigenvalue weighted by atomic mass is 9.85. The van der Waals surface area contributed by atoms with E-state index in [1.54, 1.807) is 0 Å². The van der Waals surface area contributed by atoms with Gasteiger partial charge in [-0.1, -0.05) is 55.8 Å². The molecule has 2 atom stereocenters. The van der Waals surface area contributed by atoms with Gasteiger partial charge < -0.3 is 10.6 Å². The fourth-order valence-electron chi connectivity index (χ4n) is 2.96. The van der Waals surface area contributed by atoms with E-state index in [2.05, 4.69) is 10.6 Å². The van der Waals surface area contributed by atoms with Gasteiger partial charge in [-0.05, 0) is 42.7 Å². The maximum atomic E-state index is 12.6. The summed E-state index contributed by atoms with van der Waals surface area (Å²) in [5, 5.41) is 6.59. The molecule has 2 aromatic rings. The van der Waals surface area contributed by atoms with Crippen LogP contribution in [0.15, 0.2) is 54.6 Å². The van der Waals surface area contributed by atoms with Gasteiger partial charge in [0.05, 0.1) is 5.92 Å². The van der Waals surface area contributed by atoms with Crippen molar-refractivity contribution < 1.29 is 9.59 Å². The molecule has 26 heavy (non-hydrogen) atoms. The predicted octanol–water partition coefficient (Wildman–Crippen LogP) is 4.05. The predicted molar refractivity (Wildman–Crippen MR) is 104 cm³/mol. The van der Waals surface area contributed by atoms with E-state index in [9.17, 15) is 9.59 Å². The number of carbonyl (C=O) groups is 2. The van der Waals surface area contributed by atoms with Gasteiger partial charge in [-0.2, -0.15) is 0 Å². The summed E-state index contributed by atoms with van der Waals surface area (Å²) in [6, 6.07) is 16.8. The lowest BCUT2D eigenvalue weighted by molar-refractivity contribution is -0.129. The zero-order valence-corrected chi connectivity index (χ0v) is 15.7. The molecule has 1 aliphatic rings. The summed E-state index contributed by atoms with van der Waals surface area (Å²) in [5.74, 6) is -0.241. The van der Waals surface area contributed by atoms with Gasteiger partial charge in [0.2, 0.25) is 11.8 Å². The molecule has 4 nitrogen and oxygen atoms in total. The van der Waals surface area contributed by atoms with Crippen molar-refractivity contribution in [3.05, 3.63) is 65.2 Å². The van der Waals surface area contributed by atoms with E-state index in [0.717, 1.165) is 11.3 Å². The Labute approximate surface area is 158 Å². The van der Waals surface area contributed by atoms with Crippen LogP contribution >= 0.6 is 11.6 Å². The van der Waals surface area contributed by atoms with Crippen molar-refractivity contribution >= 4 is 29.1 Å². The zero-order valence-electron chi connectivity index (χ0n) is 15.0. The lowest BCUT2D eigenvalue weighted by Crippen LogP contribution is -2.40. The SMILES string of the molecule is CC(C)(Cc1ccc(Cl)cc1)C(=O)NC1CC1C(=O)Nc1ccccc1. The second kappa shape index (κ2) is 7.50. The first-order chi connectivity index (χ1) is 12.3. The summed E-state index contributed by atoms with van der Waals surface area (Å²) in [5.41, 5.74) is 1.28. The van der Waals surface area contributed by atoms with Crippen LogP contribution in [0.5, 0.6) is 0 Å². The van der Waals surface area contributed by atoms with Crippen molar-refractivity contribution in [3.63, 3.8) is 0 Å². The van der Waals surface area contributed by atoms with Gasteiger partial charge >= 0.3 is 0 Å². The lowest BCUT2D eigenvalue weighted by Gasteiger charge is -2.24. The Morgan fingerprint density at radius 3 is 2.38 bits per heavy atom. The Hall–Kier alpha value is -2.33. The van der Waals surface area contributed by atoms with E-state index in [1.807, 2.05) is 68.4 Å². The maximum Gasteiger partial charge on any atom is 0.229 e. The van der Waals surface area contributed by atoms with Crippen LogP contribution in [0.25, 0.3) is 0 Å². The third kappa shape index (κ3) is 4.64. The Balaban J connectivity index is 1.51. The fraction of sp³-hybridized carbons (Fsp3) is 0.333. The van der Waals surface area contributed by atoms with E-state index < -0.39 is 5.41 Å². The van der Waals surface area contributed by atoms with Crippen LogP contribution in [-0.2, 0) is 16.0 Å². The summed E-state index contributed by atoms with van der Waals surface area (Å²) < 4.78 is 0. The van der Waals surface area contributed by atoms with Crippen LogP contribution in [0.4, 0.5) is 5.69 Å². The van der Waals surface area contributed by atoms with Gasteiger partial charge in [-0.25, -0.2) is 0 Å². The van der Waals surface area contributed by atoms with Crippen molar-refractivity contribution in [2.24, 2.45) is 11.3 Å². The summed E-state index contributed by atoms with van der Waals surface area (Å²) in [6.45, 7) is 3.83. The number of para-hydroxylation sites is 1. The molecule has 3 rings (SSSR count). The normalized spacial score (nSPS) is 18.9. The van der Waals surface area contributed by atoms with Gasteiger partial charge in [0.1, 0.15) is 0 Å². The molecular formula is C21H23ClN2O2. The van der Waals surface area contributed by atoms with Crippen LogP contribution in [0, 0.1) is 11.3 Å². The smallest absolute Gasteiger partial charge is 0.229 e. The topological polar surface area (TPSA) is 58.2 Å². The number of halogens is 1. The molecular weight excluding hydrogens is 348 g/mol. The molecule has 2 N–H and O–H groups in total. The third-order valence-corrected chi connectivity index (χ3v) is 4.91. The largest absolute Gasteiger partial charge is 0.352 e. The highest BCUT2D eigenvalue weighted by Gasteiger charge is 2.45. The molecule has 5 heteroatoms. The zero-order chi connectivity index (χ0) is 18.7. The average Bonchev–Trinajstić information content (AvgIpc) is 3.37. The molecule has 2 unspecified atom stereocenters. The first kappa shape index (κ1) is 18.5. The molecule has 0 spiro atoms. The Kier molecular flexibility index (Phi) is 5.33. The molecule has 0 heterocycles. The summed E-state index contributed by atoms with van der Waals surface area (Å²) in [4.78, 5) is 24.9. The van der Waals surface area contributed by atoms with Crippen LogP contribution in [0.2, 0.25) is 5.02 Å². The van der Waals surface area contributed by atoms with Crippen LogP contribution in [0.1, 0.15) is 25.8 Å². The van der Waals surface area contributed by atoms with E-state index in [4.69, 9.17) is 11.6 Å². The van der Waals surface area contributed by atoms with Crippen molar-refractivity contribution in [1.29, 1.82) is 0 Å². The van der Waals surface area contributed by atoms with E-state index in [0.29, 0.717) is 17.9 Å². The van der Waals surface area contributed by atoms with Gasteiger partial charge in [-0.15, -0.1) is 0 Å². The number of nitrogens with one attached hydrogen (secondary N) is 2. The summed E-state index contributed by atoms with van der Waals surface area (Å²) in [6.07, 6.45) is 1.30. The van der Waals surface area contributed by atoms with Gasteiger partial charge in [0.15, 0.2) is 0 Å².